The van der Waals surface area contributed by atoms with Crippen molar-refractivity contribution < 1.29 is 9.13 Å². The molecule has 6 aromatic rings. The first-order valence-corrected chi connectivity index (χ1v) is 11.9. The predicted molar refractivity (Wildman–Crippen MR) is 137 cm³/mol. The van der Waals surface area contributed by atoms with Gasteiger partial charge in [0.1, 0.15) is 17.3 Å². The fourth-order valence-electron chi connectivity index (χ4n) is 3.88. The van der Waals surface area contributed by atoms with Crippen LogP contribution in [-0.2, 0) is 0 Å². The Labute approximate surface area is 208 Å². The second-order valence-electron chi connectivity index (χ2n) is 7.99. The molecule has 176 valence electrons. The number of para-hydroxylation sites is 1. The highest BCUT2D eigenvalue weighted by atomic mass is 32.1. The first-order valence-electron chi connectivity index (χ1n) is 11.1. The van der Waals surface area contributed by atoms with E-state index in [9.17, 15) is 9.18 Å². The highest BCUT2D eigenvalue weighted by Crippen LogP contribution is 2.26. The molecule has 0 saturated heterocycles. The zero-order valence-corrected chi connectivity index (χ0v) is 19.8. The Hall–Kier alpha value is -4.63. The molecule has 3 heterocycles. The third-order valence-electron chi connectivity index (χ3n) is 5.70. The zero-order chi connectivity index (χ0) is 24.6. The summed E-state index contributed by atoms with van der Waals surface area (Å²) in [6, 6.07) is 23.2. The molecule has 6 rings (SSSR count). The van der Waals surface area contributed by atoms with Gasteiger partial charge < -0.3 is 4.74 Å². The van der Waals surface area contributed by atoms with Crippen molar-refractivity contribution in [3.05, 3.63) is 111 Å². The van der Waals surface area contributed by atoms with Crippen molar-refractivity contribution >= 4 is 22.4 Å². The zero-order valence-electron chi connectivity index (χ0n) is 19.0. The molecule has 0 saturated carbocycles. The van der Waals surface area contributed by atoms with Gasteiger partial charge in [-0.05, 0) is 66.7 Å². The molecule has 0 atom stereocenters. The maximum absolute atomic E-state index is 13.3. The molecule has 0 bridgehead atoms. The van der Waals surface area contributed by atoms with E-state index in [0.717, 1.165) is 28.3 Å². The van der Waals surface area contributed by atoms with Crippen molar-refractivity contribution in [2.75, 3.05) is 7.11 Å². The SMILES string of the molecule is COc1ccc(-c2nn(-c3ccccc3)cc2/C=c2\sc3nc(-c4ccc(F)cc4)nn3c2=O)cc1. The number of aromatic nitrogens is 5. The maximum atomic E-state index is 13.3. The lowest BCUT2D eigenvalue weighted by molar-refractivity contribution is 0.415. The van der Waals surface area contributed by atoms with E-state index in [-0.39, 0.29) is 11.4 Å². The van der Waals surface area contributed by atoms with Crippen LogP contribution in [0.25, 0.3) is 39.4 Å². The van der Waals surface area contributed by atoms with E-state index in [2.05, 4.69) is 10.1 Å². The number of halogens is 1. The lowest BCUT2D eigenvalue weighted by Gasteiger charge is -2.02. The molecule has 0 aliphatic heterocycles. The summed E-state index contributed by atoms with van der Waals surface area (Å²) in [5.74, 6) is 0.779. The van der Waals surface area contributed by atoms with Gasteiger partial charge in [-0.1, -0.05) is 29.5 Å². The minimum Gasteiger partial charge on any atom is -0.497 e. The molecule has 0 fully saturated rings. The quantitative estimate of drug-likeness (QED) is 0.355. The van der Waals surface area contributed by atoms with Crippen LogP contribution in [0.3, 0.4) is 0 Å². The Morgan fingerprint density at radius 2 is 1.64 bits per heavy atom. The van der Waals surface area contributed by atoms with E-state index >= 15 is 0 Å². The second kappa shape index (κ2) is 8.86. The average molecular weight is 496 g/mol. The van der Waals surface area contributed by atoms with E-state index in [4.69, 9.17) is 9.84 Å². The van der Waals surface area contributed by atoms with Crippen molar-refractivity contribution in [3.8, 4) is 34.1 Å². The minimum absolute atomic E-state index is 0.274. The summed E-state index contributed by atoms with van der Waals surface area (Å²) in [7, 11) is 1.62. The molecule has 0 aliphatic carbocycles. The molecule has 3 aromatic heterocycles. The summed E-state index contributed by atoms with van der Waals surface area (Å²) in [6.07, 6.45) is 3.71. The number of thiazole rings is 1. The molecule has 0 N–H and O–H groups in total. The summed E-state index contributed by atoms with van der Waals surface area (Å²) in [6.45, 7) is 0. The summed E-state index contributed by atoms with van der Waals surface area (Å²) in [5.41, 5.74) is 3.67. The lowest BCUT2D eigenvalue weighted by Crippen LogP contribution is -2.23. The van der Waals surface area contributed by atoms with E-state index in [1.165, 1.54) is 28.0 Å². The van der Waals surface area contributed by atoms with E-state index < -0.39 is 0 Å². The normalized spacial score (nSPS) is 11.9. The van der Waals surface area contributed by atoms with Crippen LogP contribution in [0.15, 0.2) is 89.9 Å². The van der Waals surface area contributed by atoms with E-state index in [1.54, 1.807) is 23.9 Å². The number of fused-ring (bicyclic) bond motifs is 1. The van der Waals surface area contributed by atoms with Crippen molar-refractivity contribution in [3.63, 3.8) is 0 Å². The second-order valence-corrected chi connectivity index (χ2v) is 9.00. The molecule has 3 aromatic carbocycles. The van der Waals surface area contributed by atoms with Crippen LogP contribution in [-0.4, -0.2) is 31.5 Å². The fraction of sp³-hybridized carbons (Fsp3) is 0.0370. The Bertz CT molecular complexity index is 1790. The van der Waals surface area contributed by atoms with Gasteiger partial charge in [0.2, 0.25) is 4.96 Å². The van der Waals surface area contributed by atoms with Crippen molar-refractivity contribution in [1.82, 2.24) is 24.4 Å². The van der Waals surface area contributed by atoms with Gasteiger partial charge in [0, 0.05) is 22.9 Å². The van der Waals surface area contributed by atoms with Gasteiger partial charge in [-0.2, -0.15) is 14.6 Å². The molecular weight excluding hydrogens is 477 g/mol. The molecule has 9 heteroatoms. The smallest absolute Gasteiger partial charge is 0.291 e. The Morgan fingerprint density at radius 3 is 2.33 bits per heavy atom. The summed E-state index contributed by atoms with van der Waals surface area (Å²) < 4.78 is 22.1. The van der Waals surface area contributed by atoms with Crippen LogP contribution >= 0.6 is 11.3 Å². The largest absolute Gasteiger partial charge is 0.497 e. The molecule has 0 radical (unpaired) electrons. The predicted octanol–water partition coefficient (Wildman–Crippen LogP) is 4.37. The van der Waals surface area contributed by atoms with Gasteiger partial charge in [-0.25, -0.2) is 9.07 Å². The van der Waals surface area contributed by atoms with Crippen molar-refractivity contribution in [2.24, 2.45) is 0 Å². The molecule has 7 nitrogen and oxygen atoms in total. The van der Waals surface area contributed by atoms with Crippen LogP contribution in [0.4, 0.5) is 4.39 Å². The van der Waals surface area contributed by atoms with Crippen LogP contribution < -0.4 is 14.8 Å². The number of benzene rings is 3. The first-order chi connectivity index (χ1) is 17.6. The van der Waals surface area contributed by atoms with Crippen LogP contribution in [0, 0.1) is 5.82 Å². The monoisotopic (exact) mass is 495 g/mol. The summed E-state index contributed by atoms with van der Waals surface area (Å²) >= 11 is 1.24. The van der Waals surface area contributed by atoms with Crippen LogP contribution in [0.2, 0.25) is 0 Å². The summed E-state index contributed by atoms with van der Waals surface area (Å²) in [4.78, 5) is 18.1. The third-order valence-corrected chi connectivity index (χ3v) is 6.66. The van der Waals surface area contributed by atoms with Gasteiger partial charge in [-0.3, -0.25) is 4.79 Å². The van der Waals surface area contributed by atoms with Crippen molar-refractivity contribution in [2.45, 2.75) is 0 Å². The minimum atomic E-state index is -0.343. The Balaban J connectivity index is 1.47. The number of hydrogen-bond donors (Lipinski definition) is 0. The topological polar surface area (TPSA) is 74.3 Å². The van der Waals surface area contributed by atoms with E-state index in [1.807, 2.05) is 66.9 Å². The Kier molecular flexibility index (Phi) is 5.38. The summed E-state index contributed by atoms with van der Waals surface area (Å²) in [5, 5.41) is 9.17. The molecule has 0 amide bonds. The maximum Gasteiger partial charge on any atom is 0.291 e. The molecule has 0 spiro atoms. The molecule has 36 heavy (non-hydrogen) atoms. The highest BCUT2D eigenvalue weighted by molar-refractivity contribution is 7.15. The van der Waals surface area contributed by atoms with Gasteiger partial charge in [0.05, 0.1) is 17.3 Å². The van der Waals surface area contributed by atoms with Gasteiger partial charge in [0.15, 0.2) is 5.82 Å². The standard InChI is InChI=1S/C27H18FN5O2S/c1-35-22-13-9-17(10-14-22)24-19(16-32(30-24)21-5-3-2-4-6-21)15-23-26(34)33-27(36-23)29-25(31-33)18-7-11-20(28)12-8-18/h2-16H,1H3/b23-15-. The van der Waals surface area contributed by atoms with Gasteiger partial charge in [-0.15, -0.1) is 5.10 Å². The van der Waals surface area contributed by atoms with Crippen LogP contribution in [0.5, 0.6) is 5.75 Å². The average Bonchev–Trinajstić information content (AvgIpc) is 3.60. The Morgan fingerprint density at radius 1 is 0.917 bits per heavy atom. The number of rotatable bonds is 5. The molecule has 0 unspecified atom stereocenters. The first kappa shape index (κ1) is 21.9. The third kappa shape index (κ3) is 3.95. The number of nitrogens with zero attached hydrogens (tertiary/aromatic N) is 5. The lowest BCUT2D eigenvalue weighted by atomic mass is 10.1. The molecular formula is C27H18FN5O2S. The highest BCUT2D eigenvalue weighted by Gasteiger charge is 2.15. The van der Waals surface area contributed by atoms with E-state index in [0.29, 0.717) is 20.9 Å². The van der Waals surface area contributed by atoms with Gasteiger partial charge >= 0.3 is 0 Å². The number of ether oxygens (including phenoxy) is 1. The number of methoxy groups -OCH3 is 1. The van der Waals surface area contributed by atoms with Crippen molar-refractivity contribution in [1.29, 1.82) is 0 Å². The van der Waals surface area contributed by atoms with Crippen LogP contribution in [0.1, 0.15) is 5.56 Å². The molecule has 0 aliphatic rings. The number of hydrogen-bond acceptors (Lipinski definition) is 6. The van der Waals surface area contributed by atoms with Gasteiger partial charge in [0.25, 0.3) is 5.56 Å². The fourth-order valence-corrected chi connectivity index (χ4v) is 4.77.